The zero-order valence-corrected chi connectivity index (χ0v) is 15.5. The van der Waals surface area contributed by atoms with Crippen LogP contribution in [0.2, 0.25) is 5.02 Å². The lowest BCUT2D eigenvalue weighted by Gasteiger charge is -2.28. The van der Waals surface area contributed by atoms with Gasteiger partial charge < -0.3 is 4.74 Å². The molecule has 0 radical (unpaired) electrons. The van der Waals surface area contributed by atoms with Gasteiger partial charge in [0.1, 0.15) is 30.8 Å². The van der Waals surface area contributed by atoms with Crippen LogP contribution in [0, 0.1) is 11.6 Å². The normalized spacial score (nSPS) is 22.1. The quantitative estimate of drug-likeness (QED) is 0.828. The van der Waals surface area contributed by atoms with Gasteiger partial charge in [0, 0.05) is 16.8 Å². The van der Waals surface area contributed by atoms with Gasteiger partial charge in [-0.3, -0.25) is 9.83 Å². The Morgan fingerprint density at radius 3 is 2.79 bits per heavy atom. The highest BCUT2D eigenvalue weighted by Crippen LogP contribution is 2.37. The highest BCUT2D eigenvalue weighted by atomic mass is 35.5. The first-order chi connectivity index (χ1) is 13.5. The number of hydrogen-bond acceptors (Lipinski definition) is 6. The van der Waals surface area contributed by atoms with Gasteiger partial charge >= 0.3 is 0 Å². The monoisotopic (exact) mass is 404 g/mol. The first-order valence-corrected chi connectivity index (χ1v) is 8.86. The minimum absolute atomic E-state index is 0.0166. The van der Waals surface area contributed by atoms with Gasteiger partial charge in [0.25, 0.3) is 0 Å². The van der Waals surface area contributed by atoms with E-state index in [2.05, 4.69) is 20.4 Å². The van der Waals surface area contributed by atoms with E-state index in [-0.39, 0.29) is 16.6 Å². The minimum Gasteiger partial charge on any atom is -0.475 e. The molecule has 1 unspecified atom stereocenters. The topological polar surface area (TPSA) is 68.1 Å². The highest BCUT2D eigenvalue weighted by Gasteiger charge is 2.32. The number of ether oxygens (including phenoxy) is 1. The summed E-state index contributed by atoms with van der Waals surface area (Å²) in [5.41, 5.74) is 4.34. The van der Waals surface area contributed by atoms with E-state index in [9.17, 15) is 8.78 Å². The van der Waals surface area contributed by atoms with Gasteiger partial charge in [0.2, 0.25) is 5.88 Å². The molecule has 9 heteroatoms. The molecular formula is C19H15ClF2N4O2. The molecule has 6 nitrogen and oxygen atoms in total. The molecule has 2 aromatic rings. The molecule has 0 spiro atoms. The summed E-state index contributed by atoms with van der Waals surface area (Å²) in [7, 11) is 0. The standard InChI is InChI=1S/C19H15ClF2N4O2/c1-10-15(19-26-28-8-7-27-19)16(12-5-4-11(21)9-13(12)20)25-18(24-10)17-14(22)3-2-6-23-17/h2-6,9,16,26H,7-8H2,1H3/b19-15+. The number of benzene rings is 1. The maximum atomic E-state index is 14.3. The summed E-state index contributed by atoms with van der Waals surface area (Å²) < 4.78 is 33.5. The number of hydroxylamine groups is 1. The Bertz CT molecular complexity index is 1010. The van der Waals surface area contributed by atoms with E-state index >= 15 is 0 Å². The molecule has 144 valence electrons. The zero-order chi connectivity index (χ0) is 19.7. The van der Waals surface area contributed by atoms with Gasteiger partial charge in [-0.25, -0.2) is 24.2 Å². The number of nitrogens with zero attached hydrogens (tertiary/aromatic N) is 3. The molecule has 1 N–H and O–H groups in total. The third-order valence-corrected chi connectivity index (χ3v) is 4.58. The summed E-state index contributed by atoms with van der Waals surface area (Å²) >= 11 is 6.29. The number of rotatable bonds is 2. The molecule has 0 amide bonds. The van der Waals surface area contributed by atoms with Gasteiger partial charge in [-0.15, -0.1) is 0 Å². The molecule has 1 saturated heterocycles. The molecule has 0 bridgehead atoms. The van der Waals surface area contributed by atoms with Crippen LogP contribution in [0.25, 0.3) is 0 Å². The fourth-order valence-corrected chi connectivity index (χ4v) is 3.27. The van der Waals surface area contributed by atoms with Gasteiger partial charge in [-0.05, 0) is 31.2 Å². The third kappa shape index (κ3) is 3.48. The smallest absolute Gasteiger partial charge is 0.218 e. The van der Waals surface area contributed by atoms with Crippen molar-refractivity contribution in [2.24, 2.45) is 9.98 Å². The maximum Gasteiger partial charge on any atom is 0.218 e. The van der Waals surface area contributed by atoms with Gasteiger partial charge in [-0.1, -0.05) is 17.7 Å². The van der Waals surface area contributed by atoms with Crippen LogP contribution in [-0.4, -0.2) is 29.7 Å². The summed E-state index contributed by atoms with van der Waals surface area (Å²) in [6, 6.07) is 6.06. The largest absolute Gasteiger partial charge is 0.475 e. The molecule has 1 fully saturated rings. The predicted octanol–water partition coefficient (Wildman–Crippen LogP) is 3.74. The van der Waals surface area contributed by atoms with Crippen LogP contribution in [0.1, 0.15) is 24.2 Å². The van der Waals surface area contributed by atoms with Crippen molar-refractivity contribution in [1.29, 1.82) is 0 Å². The highest BCUT2D eigenvalue weighted by molar-refractivity contribution is 6.31. The van der Waals surface area contributed by atoms with Crippen molar-refractivity contribution in [3.05, 3.63) is 75.9 Å². The number of pyridine rings is 1. The number of nitrogens with one attached hydrogen (secondary N) is 1. The predicted molar refractivity (Wildman–Crippen MR) is 100 cm³/mol. The second-order valence-corrected chi connectivity index (χ2v) is 6.50. The van der Waals surface area contributed by atoms with Crippen LogP contribution in [0.15, 0.2) is 58.0 Å². The van der Waals surface area contributed by atoms with Crippen LogP contribution in [0.3, 0.4) is 0 Å². The molecule has 2 aliphatic heterocycles. The maximum absolute atomic E-state index is 14.3. The van der Waals surface area contributed by atoms with Crippen LogP contribution in [0.5, 0.6) is 0 Å². The zero-order valence-electron chi connectivity index (χ0n) is 14.7. The first kappa shape index (κ1) is 18.5. The number of halogens is 3. The second kappa shape index (κ2) is 7.65. The van der Waals surface area contributed by atoms with Gasteiger partial charge in [0.15, 0.2) is 11.7 Å². The fourth-order valence-electron chi connectivity index (χ4n) is 3.00. The summed E-state index contributed by atoms with van der Waals surface area (Å²) in [6.07, 6.45) is 1.46. The molecule has 4 rings (SSSR count). The Labute approximate surface area is 164 Å². The summed E-state index contributed by atoms with van der Waals surface area (Å²) in [5, 5.41) is 0.180. The Morgan fingerprint density at radius 2 is 2.07 bits per heavy atom. The van der Waals surface area contributed by atoms with Crippen molar-refractivity contribution in [3.8, 4) is 0 Å². The lowest BCUT2D eigenvalue weighted by molar-refractivity contribution is -0.0586. The average Bonchev–Trinajstić information content (AvgIpc) is 2.68. The lowest BCUT2D eigenvalue weighted by Crippen LogP contribution is -2.31. The SMILES string of the molecule is CC1=NC(c2ncccc2F)=NC(c2ccc(F)cc2Cl)/C1=C1\NOCCO1. The van der Waals surface area contributed by atoms with E-state index in [1.165, 1.54) is 36.5 Å². The molecule has 1 atom stereocenters. The molecule has 2 aliphatic rings. The van der Waals surface area contributed by atoms with Crippen molar-refractivity contribution >= 4 is 23.1 Å². The van der Waals surface area contributed by atoms with Gasteiger partial charge in [-0.2, -0.15) is 0 Å². The van der Waals surface area contributed by atoms with Crippen molar-refractivity contribution in [2.75, 3.05) is 13.2 Å². The number of aliphatic imine (C=N–C) groups is 2. The number of amidine groups is 1. The molecular weight excluding hydrogens is 390 g/mol. The summed E-state index contributed by atoms with van der Waals surface area (Å²) in [5.74, 6) is -0.572. The molecule has 3 heterocycles. The molecule has 0 aliphatic carbocycles. The lowest BCUT2D eigenvalue weighted by atomic mass is 9.94. The van der Waals surface area contributed by atoms with E-state index in [0.29, 0.717) is 35.9 Å². The van der Waals surface area contributed by atoms with Crippen LogP contribution < -0.4 is 5.48 Å². The van der Waals surface area contributed by atoms with Crippen molar-refractivity contribution < 1.29 is 18.4 Å². The molecule has 1 aromatic heterocycles. The van der Waals surface area contributed by atoms with Crippen LogP contribution >= 0.6 is 11.6 Å². The summed E-state index contributed by atoms with van der Waals surface area (Å²) in [4.78, 5) is 18.3. The summed E-state index contributed by atoms with van der Waals surface area (Å²) in [6.45, 7) is 2.46. The van der Waals surface area contributed by atoms with E-state index in [1.54, 1.807) is 6.92 Å². The van der Waals surface area contributed by atoms with Gasteiger partial charge in [0.05, 0.1) is 11.3 Å². The fraction of sp³-hybridized carbons (Fsp3) is 0.211. The minimum atomic E-state index is -0.716. The first-order valence-electron chi connectivity index (χ1n) is 8.48. The van der Waals surface area contributed by atoms with E-state index in [0.717, 1.165) is 0 Å². The second-order valence-electron chi connectivity index (χ2n) is 6.09. The van der Waals surface area contributed by atoms with E-state index in [4.69, 9.17) is 21.2 Å². The Kier molecular flexibility index (Phi) is 5.06. The molecule has 1 aromatic carbocycles. The Hall–Kier alpha value is -2.84. The van der Waals surface area contributed by atoms with Crippen LogP contribution in [0.4, 0.5) is 8.78 Å². The van der Waals surface area contributed by atoms with Crippen molar-refractivity contribution in [2.45, 2.75) is 13.0 Å². The number of aromatic nitrogens is 1. The number of hydrogen-bond donors (Lipinski definition) is 1. The van der Waals surface area contributed by atoms with E-state index in [1.807, 2.05) is 0 Å². The third-order valence-electron chi connectivity index (χ3n) is 4.26. The molecule has 0 saturated carbocycles. The van der Waals surface area contributed by atoms with Crippen LogP contribution in [-0.2, 0) is 9.57 Å². The molecule has 28 heavy (non-hydrogen) atoms. The Balaban J connectivity index is 1.89. The van der Waals surface area contributed by atoms with Crippen molar-refractivity contribution in [1.82, 2.24) is 10.5 Å². The van der Waals surface area contributed by atoms with Crippen molar-refractivity contribution in [3.63, 3.8) is 0 Å². The van der Waals surface area contributed by atoms with E-state index < -0.39 is 17.7 Å². The Morgan fingerprint density at radius 1 is 1.21 bits per heavy atom. The average molecular weight is 405 g/mol.